The number of aliphatic imine (C=N–C) groups is 1. The number of ether oxygens (including phenoxy) is 2. The summed E-state index contributed by atoms with van der Waals surface area (Å²) < 4.78 is 10.9. The number of dihydropyridines is 1. The Balaban J connectivity index is 1.63. The summed E-state index contributed by atoms with van der Waals surface area (Å²) >= 11 is 0. The Morgan fingerprint density at radius 2 is 2.03 bits per heavy atom. The van der Waals surface area contributed by atoms with Gasteiger partial charge in [0.2, 0.25) is 5.78 Å². The van der Waals surface area contributed by atoms with Crippen LogP contribution >= 0.6 is 0 Å². The average molecular weight is 510 g/mol. The van der Waals surface area contributed by atoms with Crippen LogP contribution in [0.15, 0.2) is 64.5 Å². The van der Waals surface area contributed by atoms with Gasteiger partial charge in [0.1, 0.15) is 6.61 Å². The van der Waals surface area contributed by atoms with Crippen molar-refractivity contribution in [2.24, 2.45) is 16.5 Å². The molecule has 0 saturated carbocycles. The molecule has 1 fully saturated rings. The van der Waals surface area contributed by atoms with Crippen LogP contribution in [-0.4, -0.2) is 72.7 Å². The quantitative estimate of drug-likeness (QED) is 0.0763. The molecule has 196 valence electrons. The van der Waals surface area contributed by atoms with Gasteiger partial charge in [-0.3, -0.25) is 14.6 Å². The number of hydrogen-bond donors (Lipinski definition) is 5. The third-order valence-electron chi connectivity index (χ3n) is 6.76. The van der Waals surface area contributed by atoms with Crippen LogP contribution in [0.3, 0.4) is 0 Å². The van der Waals surface area contributed by atoms with E-state index in [4.69, 9.17) is 26.0 Å². The molecular formula is C26H31N5O6. The number of esters is 1. The van der Waals surface area contributed by atoms with Gasteiger partial charge in [-0.1, -0.05) is 42.0 Å². The number of guanidine groups is 1. The Morgan fingerprint density at radius 1 is 1.32 bits per heavy atom. The zero-order valence-corrected chi connectivity index (χ0v) is 20.7. The first-order valence-corrected chi connectivity index (χ1v) is 11.9. The summed E-state index contributed by atoms with van der Waals surface area (Å²) in [5.41, 5.74) is 10.2. The number of nitrogens with two attached hydrogens (primary N) is 2. The van der Waals surface area contributed by atoms with E-state index in [1.165, 1.54) is 6.07 Å². The molecule has 4 rings (SSSR count). The molecule has 37 heavy (non-hydrogen) atoms. The van der Waals surface area contributed by atoms with Crippen molar-refractivity contribution in [3.63, 3.8) is 0 Å². The fourth-order valence-electron chi connectivity index (χ4n) is 4.81. The number of Topliss-reactive ketones (excluding diaryl/α,β-unsaturated/α-hetero) is 2. The second-order valence-corrected chi connectivity index (χ2v) is 9.12. The van der Waals surface area contributed by atoms with Crippen LogP contribution < -0.4 is 22.1 Å². The summed E-state index contributed by atoms with van der Waals surface area (Å²) in [6.07, 6.45) is 6.03. The lowest BCUT2D eigenvalue weighted by atomic mass is 9.72. The zero-order valence-electron chi connectivity index (χ0n) is 20.7. The minimum atomic E-state index is -2.07. The maximum atomic E-state index is 13.6. The highest BCUT2D eigenvalue weighted by molar-refractivity contribution is 6.32. The Bertz CT molecular complexity index is 1250. The van der Waals surface area contributed by atoms with Gasteiger partial charge in [0.15, 0.2) is 17.3 Å². The number of aliphatic hydroxyl groups excluding tert-OH is 1. The van der Waals surface area contributed by atoms with Gasteiger partial charge in [0, 0.05) is 31.1 Å². The maximum absolute atomic E-state index is 13.6. The zero-order chi connectivity index (χ0) is 26.8. The monoisotopic (exact) mass is 509 g/mol. The van der Waals surface area contributed by atoms with Crippen LogP contribution in [0.5, 0.6) is 0 Å². The Morgan fingerprint density at radius 3 is 2.68 bits per heavy atom. The second-order valence-electron chi connectivity index (χ2n) is 9.12. The van der Waals surface area contributed by atoms with Crippen LogP contribution in [0, 0.1) is 0 Å². The smallest absolute Gasteiger partial charge is 0.350 e. The van der Waals surface area contributed by atoms with Crippen LogP contribution in [0.2, 0.25) is 0 Å². The SMILES string of the molecule is CN=C(N)NC(CC(C)=CCC12OC1(C(=O)OCCO)C(=O)c1ccccc1C2=O)C1=CCNC(N)=C1. The fraction of sp³-hybridized carbons (Fsp3) is 0.385. The molecule has 3 aliphatic rings. The van der Waals surface area contributed by atoms with Crippen LogP contribution in [0.25, 0.3) is 0 Å². The van der Waals surface area contributed by atoms with E-state index in [1.54, 1.807) is 31.3 Å². The molecule has 1 aromatic carbocycles. The first-order chi connectivity index (χ1) is 17.7. The molecule has 0 spiro atoms. The number of carbonyl (C=O) groups is 3. The highest BCUT2D eigenvalue weighted by atomic mass is 16.7. The van der Waals surface area contributed by atoms with Crippen molar-refractivity contribution in [1.29, 1.82) is 0 Å². The molecule has 0 radical (unpaired) electrons. The normalized spacial score (nSPS) is 25.7. The Hall–Kier alpha value is -3.96. The first-order valence-electron chi connectivity index (χ1n) is 11.9. The lowest BCUT2D eigenvalue weighted by Crippen LogP contribution is -2.50. The summed E-state index contributed by atoms with van der Waals surface area (Å²) in [6.45, 7) is 1.70. The van der Waals surface area contributed by atoms with E-state index >= 15 is 0 Å². The number of benzene rings is 1. The van der Waals surface area contributed by atoms with Crippen molar-refractivity contribution >= 4 is 23.5 Å². The number of carbonyl (C=O) groups excluding carboxylic acids is 3. The average Bonchev–Trinajstić information content (AvgIpc) is 3.61. The molecule has 2 aliphatic heterocycles. The molecule has 11 nitrogen and oxygen atoms in total. The molecule has 1 aromatic rings. The summed E-state index contributed by atoms with van der Waals surface area (Å²) in [6, 6.07) is 6.05. The number of ketones is 2. The lowest BCUT2D eigenvalue weighted by Gasteiger charge is -2.25. The van der Waals surface area contributed by atoms with Gasteiger partial charge >= 0.3 is 5.97 Å². The van der Waals surface area contributed by atoms with Crippen molar-refractivity contribution in [2.45, 2.75) is 37.0 Å². The standard InChI is InChI=1S/C26H31N5O6/c1-15(13-19(31-24(28)29-2)16-8-10-30-20(27)14-16)7-9-25-21(33)17-5-3-4-6-18(17)22(34)26(25,37-25)23(35)36-12-11-32/h3-8,14,19,30,32H,9-13,27H2,1-2H3,(H3,28,29,31). The molecule has 3 atom stereocenters. The largest absolute Gasteiger partial charge is 0.461 e. The maximum Gasteiger partial charge on any atom is 0.350 e. The van der Waals surface area contributed by atoms with Crippen molar-refractivity contribution in [3.05, 3.63) is 70.6 Å². The molecule has 0 aromatic heterocycles. The van der Waals surface area contributed by atoms with E-state index < -0.39 is 35.3 Å². The third-order valence-corrected chi connectivity index (χ3v) is 6.76. The fourth-order valence-corrected chi connectivity index (χ4v) is 4.81. The number of nitrogens with one attached hydrogen (secondary N) is 2. The molecule has 7 N–H and O–H groups in total. The third kappa shape index (κ3) is 4.51. The number of aliphatic hydroxyl groups is 1. The first kappa shape index (κ1) is 26.1. The van der Waals surface area contributed by atoms with Crippen LogP contribution in [-0.2, 0) is 14.3 Å². The number of fused-ring (bicyclic) bond motifs is 2. The van der Waals surface area contributed by atoms with E-state index in [2.05, 4.69) is 15.6 Å². The molecule has 3 unspecified atom stereocenters. The topological polar surface area (TPSA) is 182 Å². The molecule has 1 aliphatic carbocycles. The van der Waals surface area contributed by atoms with E-state index in [9.17, 15) is 14.4 Å². The van der Waals surface area contributed by atoms with Crippen LogP contribution in [0.1, 0.15) is 40.5 Å². The van der Waals surface area contributed by atoms with Crippen molar-refractivity contribution in [2.75, 3.05) is 26.8 Å². The summed E-state index contributed by atoms with van der Waals surface area (Å²) in [4.78, 5) is 43.9. The number of rotatable bonds is 9. The van der Waals surface area contributed by atoms with Crippen molar-refractivity contribution in [3.8, 4) is 0 Å². The van der Waals surface area contributed by atoms with E-state index in [0.29, 0.717) is 18.8 Å². The van der Waals surface area contributed by atoms with Gasteiger partial charge in [0.25, 0.3) is 5.60 Å². The molecule has 11 heteroatoms. The minimum Gasteiger partial charge on any atom is -0.461 e. The molecule has 0 amide bonds. The lowest BCUT2D eigenvalue weighted by molar-refractivity contribution is -0.149. The van der Waals surface area contributed by atoms with E-state index in [-0.39, 0.29) is 36.2 Å². The number of hydrogen-bond acceptors (Lipinski definition) is 9. The van der Waals surface area contributed by atoms with Gasteiger partial charge in [-0.05, 0) is 25.0 Å². The number of epoxide rings is 1. The summed E-state index contributed by atoms with van der Waals surface area (Å²) in [5.74, 6) is -1.28. The summed E-state index contributed by atoms with van der Waals surface area (Å²) in [5, 5.41) is 15.3. The Labute approximate surface area is 214 Å². The second kappa shape index (κ2) is 10.2. The van der Waals surface area contributed by atoms with Gasteiger partial charge in [0.05, 0.1) is 18.5 Å². The van der Waals surface area contributed by atoms with E-state index in [0.717, 1.165) is 11.1 Å². The number of nitrogens with zero attached hydrogens (tertiary/aromatic N) is 1. The van der Waals surface area contributed by atoms with Gasteiger partial charge in [-0.15, -0.1) is 0 Å². The van der Waals surface area contributed by atoms with Gasteiger partial charge in [-0.2, -0.15) is 0 Å². The summed E-state index contributed by atoms with van der Waals surface area (Å²) in [7, 11) is 1.58. The predicted octanol–water partition coefficient (Wildman–Crippen LogP) is 0.0678. The van der Waals surface area contributed by atoms with Gasteiger partial charge < -0.3 is 36.7 Å². The molecule has 2 heterocycles. The van der Waals surface area contributed by atoms with Crippen molar-refractivity contribution in [1.82, 2.24) is 10.6 Å². The highest BCUT2D eigenvalue weighted by Crippen LogP contribution is 2.58. The van der Waals surface area contributed by atoms with Gasteiger partial charge in [-0.25, -0.2) is 4.79 Å². The highest BCUT2D eigenvalue weighted by Gasteiger charge is 2.85. The van der Waals surface area contributed by atoms with Crippen molar-refractivity contribution < 1.29 is 29.0 Å². The predicted molar refractivity (Wildman–Crippen MR) is 136 cm³/mol. The molecular weight excluding hydrogens is 478 g/mol. The molecule has 0 bridgehead atoms. The minimum absolute atomic E-state index is 0.0192. The molecule has 1 saturated heterocycles. The Kier molecular flexibility index (Phi) is 7.19. The van der Waals surface area contributed by atoms with Crippen LogP contribution in [0.4, 0.5) is 0 Å². The van der Waals surface area contributed by atoms with E-state index in [1.807, 2.05) is 19.1 Å².